The van der Waals surface area contributed by atoms with Crippen molar-refractivity contribution < 1.29 is 23.8 Å². The van der Waals surface area contributed by atoms with Crippen molar-refractivity contribution in [3.63, 3.8) is 0 Å². The molecule has 110 valence electrons. The molecular formula is C15H14FNO4. The molecule has 2 aromatic carbocycles. The molecule has 0 fully saturated rings. The van der Waals surface area contributed by atoms with Crippen LogP contribution in [0.4, 0.5) is 10.1 Å². The second kappa shape index (κ2) is 6.13. The standard InChI is InChI=1S/C15H14FNO4/c1-20-9-4-6-14(18)11(7-9)15(19)17-13-8-10(21-2)3-5-12(13)16/h3-8,18H,1-2H3,(H,17,19). The Morgan fingerprint density at radius 2 is 1.71 bits per heavy atom. The molecule has 1 amide bonds. The zero-order valence-corrected chi connectivity index (χ0v) is 11.5. The highest BCUT2D eigenvalue weighted by atomic mass is 19.1. The number of anilines is 1. The van der Waals surface area contributed by atoms with E-state index in [1.165, 1.54) is 50.6 Å². The number of hydrogen-bond donors (Lipinski definition) is 2. The molecule has 0 aliphatic carbocycles. The number of aromatic hydroxyl groups is 1. The first-order valence-corrected chi connectivity index (χ1v) is 6.07. The van der Waals surface area contributed by atoms with E-state index in [1.807, 2.05) is 0 Å². The van der Waals surface area contributed by atoms with Crippen molar-refractivity contribution >= 4 is 11.6 Å². The van der Waals surface area contributed by atoms with Gasteiger partial charge in [-0.15, -0.1) is 0 Å². The van der Waals surface area contributed by atoms with E-state index in [4.69, 9.17) is 9.47 Å². The van der Waals surface area contributed by atoms with Crippen molar-refractivity contribution in [1.82, 2.24) is 0 Å². The Kier molecular flexibility index (Phi) is 4.27. The normalized spacial score (nSPS) is 10.0. The second-order valence-electron chi connectivity index (χ2n) is 4.18. The van der Waals surface area contributed by atoms with Gasteiger partial charge in [0.15, 0.2) is 0 Å². The number of phenols is 1. The monoisotopic (exact) mass is 291 g/mol. The van der Waals surface area contributed by atoms with Gasteiger partial charge in [0.2, 0.25) is 0 Å². The summed E-state index contributed by atoms with van der Waals surface area (Å²) in [7, 11) is 2.88. The van der Waals surface area contributed by atoms with Crippen LogP contribution in [-0.2, 0) is 0 Å². The molecule has 0 bridgehead atoms. The number of rotatable bonds is 4. The number of carbonyl (C=O) groups excluding carboxylic acids is 1. The van der Waals surface area contributed by atoms with Crippen LogP contribution >= 0.6 is 0 Å². The van der Waals surface area contributed by atoms with E-state index in [-0.39, 0.29) is 17.0 Å². The van der Waals surface area contributed by atoms with Gasteiger partial charge in [-0.3, -0.25) is 4.79 Å². The lowest BCUT2D eigenvalue weighted by molar-refractivity contribution is 0.102. The summed E-state index contributed by atoms with van der Waals surface area (Å²) in [5.41, 5.74) is -0.0573. The first-order chi connectivity index (χ1) is 10.0. The van der Waals surface area contributed by atoms with Crippen LogP contribution < -0.4 is 14.8 Å². The lowest BCUT2D eigenvalue weighted by Crippen LogP contribution is -2.13. The number of benzene rings is 2. The van der Waals surface area contributed by atoms with E-state index < -0.39 is 11.7 Å². The molecular weight excluding hydrogens is 277 g/mol. The molecule has 0 atom stereocenters. The molecule has 6 heteroatoms. The van der Waals surface area contributed by atoms with Crippen LogP contribution in [0.25, 0.3) is 0 Å². The minimum atomic E-state index is -0.654. The number of amides is 1. The fourth-order valence-electron chi connectivity index (χ4n) is 1.74. The van der Waals surface area contributed by atoms with Gasteiger partial charge in [-0.1, -0.05) is 0 Å². The average molecular weight is 291 g/mol. The maximum absolute atomic E-state index is 13.7. The van der Waals surface area contributed by atoms with Gasteiger partial charge in [0.25, 0.3) is 5.91 Å². The summed E-state index contributed by atoms with van der Waals surface area (Å²) in [6.07, 6.45) is 0. The maximum atomic E-state index is 13.7. The lowest BCUT2D eigenvalue weighted by Gasteiger charge is -2.10. The minimum Gasteiger partial charge on any atom is -0.507 e. The van der Waals surface area contributed by atoms with Gasteiger partial charge < -0.3 is 19.9 Å². The van der Waals surface area contributed by atoms with Gasteiger partial charge in [0.1, 0.15) is 23.1 Å². The molecule has 0 saturated carbocycles. The summed E-state index contributed by atoms with van der Waals surface area (Å²) in [4.78, 5) is 12.1. The van der Waals surface area contributed by atoms with Crippen molar-refractivity contribution in [2.45, 2.75) is 0 Å². The van der Waals surface area contributed by atoms with Crippen LogP contribution in [0.15, 0.2) is 36.4 Å². The van der Waals surface area contributed by atoms with Crippen LogP contribution in [0.2, 0.25) is 0 Å². The highest BCUT2D eigenvalue weighted by Gasteiger charge is 2.15. The van der Waals surface area contributed by atoms with E-state index >= 15 is 0 Å². The molecule has 2 N–H and O–H groups in total. The highest BCUT2D eigenvalue weighted by molar-refractivity contribution is 6.06. The Hall–Kier alpha value is -2.76. The van der Waals surface area contributed by atoms with E-state index in [0.717, 1.165) is 0 Å². The summed E-state index contributed by atoms with van der Waals surface area (Å²) >= 11 is 0. The SMILES string of the molecule is COc1ccc(F)c(NC(=O)c2cc(OC)ccc2O)c1. The molecule has 0 spiro atoms. The third-order valence-corrected chi connectivity index (χ3v) is 2.87. The fourth-order valence-corrected chi connectivity index (χ4v) is 1.74. The largest absolute Gasteiger partial charge is 0.507 e. The van der Waals surface area contributed by atoms with Crippen LogP contribution in [0.3, 0.4) is 0 Å². The van der Waals surface area contributed by atoms with Crippen molar-refractivity contribution in [2.75, 3.05) is 19.5 Å². The Labute approximate surface area is 120 Å². The van der Waals surface area contributed by atoms with E-state index in [0.29, 0.717) is 11.5 Å². The molecule has 2 rings (SSSR count). The number of nitrogens with one attached hydrogen (secondary N) is 1. The lowest BCUT2D eigenvalue weighted by atomic mass is 10.1. The van der Waals surface area contributed by atoms with Crippen LogP contribution in [0, 0.1) is 5.82 Å². The van der Waals surface area contributed by atoms with Gasteiger partial charge >= 0.3 is 0 Å². The first kappa shape index (κ1) is 14.6. The van der Waals surface area contributed by atoms with Crippen LogP contribution in [0.1, 0.15) is 10.4 Å². The molecule has 0 aromatic heterocycles. The minimum absolute atomic E-state index is 0.0171. The molecule has 0 heterocycles. The molecule has 0 saturated heterocycles. The molecule has 0 radical (unpaired) electrons. The second-order valence-corrected chi connectivity index (χ2v) is 4.18. The molecule has 2 aromatic rings. The summed E-state index contributed by atoms with van der Waals surface area (Å²) < 4.78 is 23.6. The number of phenolic OH excluding ortho intramolecular Hbond substituents is 1. The predicted molar refractivity (Wildman–Crippen MR) is 75.6 cm³/mol. The van der Waals surface area contributed by atoms with Crippen molar-refractivity contribution in [1.29, 1.82) is 0 Å². The molecule has 21 heavy (non-hydrogen) atoms. The smallest absolute Gasteiger partial charge is 0.259 e. The van der Waals surface area contributed by atoms with Gasteiger partial charge in [-0.05, 0) is 30.3 Å². The average Bonchev–Trinajstić information content (AvgIpc) is 2.49. The predicted octanol–water partition coefficient (Wildman–Crippen LogP) is 2.80. The number of halogens is 1. The van der Waals surface area contributed by atoms with Crippen molar-refractivity contribution in [2.24, 2.45) is 0 Å². The zero-order valence-electron chi connectivity index (χ0n) is 11.5. The summed E-state index contributed by atoms with van der Waals surface area (Å²) in [5, 5.41) is 12.1. The van der Waals surface area contributed by atoms with Crippen molar-refractivity contribution in [3.05, 3.63) is 47.8 Å². The zero-order chi connectivity index (χ0) is 15.4. The summed E-state index contributed by atoms with van der Waals surface area (Å²) in [5.74, 6) is -0.674. The van der Waals surface area contributed by atoms with Gasteiger partial charge in [0.05, 0.1) is 25.5 Å². The molecule has 0 aliphatic heterocycles. The Bertz CT molecular complexity index is 673. The summed E-state index contributed by atoms with van der Waals surface area (Å²) in [6, 6.07) is 8.18. The first-order valence-electron chi connectivity index (χ1n) is 6.07. The fraction of sp³-hybridized carbons (Fsp3) is 0.133. The molecule has 0 aliphatic rings. The highest BCUT2D eigenvalue weighted by Crippen LogP contribution is 2.26. The van der Waals surface area contributed by atoms with E-state index in [9.17, 15) is 14.3 Å². The Morgan fingerprint density at radius 1 is 1.10 bits per heavy atom. The van der Waals surface area contributed by atoms with Gasteiger partial charge in [-0.2, -0.15) is 0 Å². The Balaban J connectivity index is 2.29. The molecule has 5 nitrogen and oxygen atoms in total. The van der Waals surface area contributed by atoms with Crippen LogP contribution in [0.5, 0.6) is 17.2 Å². The number of ether oxygens (including phenoxy) is 2. The quantitative estimate of drug-likeness (QED) is 0.909. The Morgan fingerprint density at radius 3 is 2.38 bits per heavy atom. The molecule has 0 unspecified atom stereocenters. The van der Waals surface area contributed by atoms with Crippen molar-refractivity contribution in [3.8, 4) is 17.2 Å². The number of carbonyl (C=O) groups is 1. The van der Waals surface area contributed by atoms with E-state index in [1.54, 1.807) is 0 Å². The van der Waals surface area contributed by atoms with Gasteiger partial charge in [-0.25, -0.2) is 4.39 Å². The maximum Gasteiger partial charge on any atom is 0.259 e. The topological polar surface area (TPSA) is 67.8 Å². The summed E-state index contributed by atoms with van der Waals surface area (Å²) in [6.45, 7) is 0. The third kappa shape index (κ3) is 3.22. The van der Waals surface area contributed by atoms with Gasteiger partial charge in [0, 0.05) is 6.07 Å². The van der Waals surface area contributed by atoms with E-state index in [2.05, 4.69) is 5.32 Å². The number of methoxy groups -OCH3 is 2. The van der Waals surface area contributed by atoms with Crippen LogP contribution in [-0.4, -0.2) is 25.2 Å². The number of hydrogen-bond acceptors (Lipinski definition) is 4. The third-order valence-electron chi connectivity index (χ3n) is 2.87.